The van der Waals surface area contributed by atoms with Crippen molar-refractivity contribution in [1.29, 1.82) is 0 Å². The number of nitrogens with zero attached hydrogens (tertiary/aromatic N) is 4. The summed E-state index contributed by atoms with van der Waals surface area (Å²) in [4.78, 5) is 20.9. The van der Waals surface area contributed by atoms with E-state index < -0.39 is 0 Å². The van der Waals surface area contributed by atoms with Crippen molar-refractivity contribution < 1.29 is 4.79 Å². The van der Waals surface area contributed by atoms with Gasteiger partial charge in [0.15, 0.2) is 0 Å². The molecule has 1 amide bonds. The first-order valence-electron chi connectivity index (χ1n) is 7.36. The molecule has 0 saturated heterocycles. The summed E-state index contributed by atoms with van der Waals surface area (Å²) in [6.07, 6.45) is 3.02. The van der Waals surface area contributed by atoms with Gasteiger partial charge < -0.3 is 5.32 Å². The van der Waals surface area contributed by atoms with E-state index >= 15 is 0 Å². The van der Waals surface area contributed by atoms with Gasteiger partial charge in [0.25, 0.3) is 5.91 Å². The second-order valence-electron chi connectivity index (χ2n) is 5.16. The normalized spacial score (nSPS) is 10.8. The molecular formula is C17H13N5OS. The number of nitrogens with one attached hydrogen (secondary N) is 1. The SMILES string of the molecule is O=C(NCc1cccc2ncsc12)c1ccccc1-n1cncn1. The van der Waals surface area contributed by atoms with Crippen LogP contribution < -0.4 is 5.32 Å². The fraction of sp³-hybridized carbons (Fsp3) is 0.0588. The van der Waals surface area contributed by atoms with Gasteiger partial charge in [0.05, 0.1) is 27.0 Å². The third-order valence-electron chi connectivity index (χ3n) is 3.69. The third kappa shape index (κ3) is 2.65. The van der Waals surface area contributed by atoms with Crippen LogP contribution in [0.2, 0.25) is 0 Å². The highest BCUT2D eigenvalue weighted by atomic mass is 32.1. The minimum Gasteiger partial charge on any atom is -0.348 e. The van der Waals surface area contributed by atoms with E-state index in [-0.39, 0.29) is 5.91 Å². The Morgan fingerprint density at radius 2 is 2.08 bits per heavy atom. The van der Waals surface area contributed by atoms with Gasteiger partial charge in [-0.1, -0.05) is 24.3 Å². The lowest BCUT2D eigenvalue weighted by molar-refractivity contribution is 0.0951. The van der Waals surface area contributed by atoms with Crippen molar-refractivity contribution in [3.8, 4) is 5.69 Å². The van der Waals surface area contributed by atoms with Gasteiger partial charge in [-0.2, -0.15) is 5.10 Å². The Bertz CT molecular complexity index is 993. The molecule has 0 atom stereocenters. The van der Waals surface area contributed by atoms with Crippen LogP contribution in [0, 0.1) is 0 Å². The largest absolute Gasteiger partial charge is 0.348 e. The molecule has 4 rings (SSSR count). The molecule has 0 radical (unpaired) electrons. The topological polar surface area (TPSA) is 72.7 Å². The number of hydrogen-bond acceptors (Lipinski definition) is 5. The first kappa shape index (κ1) is 14.5. The Labute approximate surface area is 141 Å². The maximum Gasteiger partial charge on any atom is 0.253 e. The summed E-state index contributed by atoms with van der Waals surface area (Å²) in [5.41, 5.74) is 5.08. The Hall–Kier alpha value is -3.06. The molecule has 4 aromatic rings. The number of para-hydroxylation sites is 1. The first-order chi connectivity index (χ1) is 11.8. The third-order valence-corrected chi connectivity index (χ3v) is 4.61. The van der Waals surface area contributed by atoms with Crippen LogP contribution in [0.1, 0.15) is 15.9 Å². The van der Waals surface area contributed by atoms with Crippen molar-refractivity contribution in [2.75, 3.05) is 0 Å². The highest BCUT2D eigenvalue weighted by Gasteiger charge is 2.13. The average Bonchev–Trinajstić information content (AvgIpc) is 3.31. The van der Waals surface area contributed by atoms with Gasteiger partial charge in [0.2, 0.25) is 0 Å². The molecule has 2 aromatic heterocycles. The van der Waals surface area contributed by atoms with Crippen LogP contribution in [-0.2, 0) is 6.54 Å². The molecule has 0 saturated carbocycles. The van der Waals surface area contributed by atoms with E-state index in [2.05, 4.69) is 20.4 Å². The molecule has 24 heavy (non-hydrogen) atoms. The predicted molar refractivity (Wildman–Crippen MR) is 92.1 cm³/mol. The number of carbonyl (C=O) groups is 1. The molecule has 2 heterocycles. The van der Waals surface area contributed by atoms with Gasteiger partial charge in [-0.3, -0.25) is 4.79 Å². The maximum atomic E-state index is 12.6. The minimum atomic E-state index is -0.150. The van der Waals surface area contributed by atoms with Crippen molar-refractivity contribution >= 4 is 27.5 Å². The molecule has 7 heteroatoms. The number of carbonyl (C=O) groups excluding carboxylic acids is 1. The molecule has 0 fully saturated rings. The van der Waals surface area contributed by atoms with E-state index in [0.29, 0.717) is 17.8 Å². The summed E-state index contributed by atoms with van der Waals surface area (Å²) in [5, 5.41) is 7.08. The molecule has 0 aliphatic carbocycles. The molecule has 0 unspecified atom stereocenters. The summed E-state index contributed by atoms with van der Waals surface area (Å²) in [6, 6.07) is 13.2. The van der Waals surface area contributed by atoms with Gasteiger partial charge in [-0.05, 0) is 23.8 Å². The van der Waals surface area contributed by atoms with Gasteiger partial charge in [0, 0.05) is 6.54 Å². The van der Waals surface area contributed by atoms with E-state index in [4.69, 9.17) is 0 Å². The monoisotopic (exact) mass is 335 g/mol. The number of fused-ring (bicyclic) bond motifs is 1. The first-order valence-corrected chi connectivity index (χ1v) is 8.24. The van der Waals surface area contributed by atoms with Crippen LogP contribution in [0.4, 0.5) is 0 Å². The zero-order valence-corrected chi connectivity index (χ0v) is 13.4. The van der Waals surface area contributed by atoms with Crippen molar-refractivity contribution in [3.63, 3.8) is 0 Å². The van der Waals surface area contributed by atoms with E-state index in [0.717, 1.165) is 15.8 Å². The fourth-order valence-electron chi connectivity index (χ4n) is 2.55. The summed E-state index contributed by atoms with van der Waals surface area (Å²) in [6.45, 7) is 0.448. The van der Waals surface area contributed by atoms with Gasteiger partial charge >= 0.3 is 0 Å². The Kier molecular flexibility index (Phi) is 3.76. The number of hydrogen-bond donors (Lipinski definition) is 1. The number of thiazole rings is 1. The van der Waals surface area contributed by atoms with Crippen LogP contribution >= 0.6 is 11.3 Å². The molecule has 2 aromatic carbocycles. The molecule has 0 bridgehead atoms. The van der Waals surface area contributed by atoms with Crippen molar-refractivity contribution in [3.05, 3.63) is 71.8 Å². The lowest BCUT2D eigenvalue weighted by Gasteiger charge is -2.10. The van der Waals surface area contributed by atoms with Crippen LogP contribution in [-0.4, -0.2) is 25.7 Å². The quantitative estimate of drug-likeness (QED) is 0.622. The Morgan fingerprint density at radius 1 is 1.17 bits per heavy atom. The van der Waals surface area contributed by atoms with Crippen LogP contribution in [0.25, 0.3) is 15.9 Å². The summed E-state index contributed by atoms with van der Waals surface area (Å²) in [7, 11) is 0. The lowest BCUT2D eigenvalue weighted by atomic mass is 10.1. The number of benzene rings is 2. The molecule has 118 valence electrons. The molecule has 0 aliphatic rings. The van der Waals surface area contributed by atoms with Gasteiger partial charge in [-0.15, -0.1) is 11.3 Å². The fourth-order valence-corrected chi connectivity index (χ4v) is 3.36. The second kappa shape index (κ2) is 6.21. The zero-order chi connectivity index (χ0) is 16.4. The summed E-state index contributed by atoms with van der Waals surface area (Å²) >= 11 is 1.58. The maximum absolute atomic E-state index is 12.6. The van der Waals surface area contributed by atoms with Crippen molar-refractivity contribution in [1.82, 2.24) is 25.1 Å². The summed E-state index contributed by atoms with van der Waals surface area (Å²) < 4.78 is 2.68. The Morgan fingerprint density at radius 3 is 2.96 bits per heavy atom. The smallest absolute Gasteiger partial charge is 0.253 e. The highest BCUT2D eigenvalue weighted by Crippen LogP contribution is 2.22. The second-order valence-corrected chi connectivity index (χ2v) is 6.01. The average molecular weight is 335 g/mol. The zero-order valence-electron chi connectivity index (χ0n) is 12.6. The molecular weight excluding hydrogens is 322 g/mol. The number of rotatable bonds is 4. The van der Waals surface area contributed by atoms with Crippen LogP contribution in [0.3, 0.4) is 0 Å². The summed E-state index contributed by atoms with van der Waals surface area (Å²) in [5.74, 6) is -0.150. The molecule has 6 nitrogen and oxygen atoms in total. The highest BCUT2D eigenvalue weighted by molar-refractivity contribution is 7.16. The molecule has 0 aliphatic heterocycles. The molecule has 1 N–H and O–H groups in total. The van der Waals surface area contributed by atoms with Crippen LogP contribution in [0.5, 0.6) is 0 Å². The van der Waals surface area contributed by atoms with Crippen LogP contribution in [0.15, 0.2) is 60.6 Å². The predicted octanol–water partition coefficient (Wildman–Crippen LogP) is 2.81. The number of aromatic nitrogens is 4. The van der Waals surface area contributed by atoms with Gasteiger partial charge in [-0.25, -0.2) is 14.6 Å². The standard InChI is InChI=1S/C17H13N5OS/c23-17(13-5-1-2-7-15(13)22-10-18-9-21-22)19-8-12-4-3-6-14-16(12)24-11-20-14/h1-7,9-11H,8H2,(H,19,23). The minimum absolute atomic E-state index is 0.150. The van der Waals surface area contributed by atoms with Gasteiger partial charge in [0.1, 0.15) is 12.7 Å². The van der Waals surface area contributed by atoms with E-state index in [1.54, 1.807) is 28.4 Å². The lowest BCUT2D eigenvalue weighted by Crippen LogP contribution is -2.24. The van der Waals surface area contributed by atoms with Crippen molar-refractivity contribution in [2.24, 2.45) is 0 Å². The van der Waals surface area contributed by atoms with E-state index in [9.17, 15) is 4.79 Å². The molecule has 0 spiro atoms. The van der Waals surface area contributed by atoms with E-state index in [1.165, 1.54) is 6.33 Å². The Balaban J connectivity index is 1.58. The number of amides is 1. The van der Waals surface area contributed by atoms with Crippen molar-refractivity contribution in [2.45, 2.75) is 6.54 Å². The van der Waals surface area contributed by atoms with E-state index in [1.807, 2.05) is 41.9 Å².